The maximum absolute atomic E-state index is 12.5. The van der Waals surface area contributed by atoms with Gasteiger partial charge in [-0.25, -0.2) is 4.72 Å². The molecule has 1 aliphatic carbocycles. The van der Waals surface area contributed by atoms with Crippen LogP contribution in [0.25, 0.3) is 0 Å². The minimum absolute atomic E-state index is 0.0705. The number of nitrogens with one attached hydrogen (secondary N) is 2. The molecule has 0 aromatic heterocycles. The Balaban J connectivity index is 1.59. The van der Waals surface area contributed by atoms with E-state index in [1.807, 2.05) is 18.2 Å². The summed E-state index contributed by atoms with van der Waals surface area (Å²) in [5.41, 5.74) is 1.20. The summed E-state index contributed by atoms with van der Waals surface area (Å²) in [5.74, 6) is -0.363. The minimum atomic E-state index is -3.72. The Morgan fingerprint density at radius 1 is 1.12 bits per heavy atom. The molecule has 2 fully saturated rings. The normalized spacial score (nSPS) is 20.8. The molecule has 26 heavy (non-hydrogen) atoms. The molecule has 1 saturated carbocycles. The highest BCUT2D eigenvalue weighted by molar-refractivity contribution is 7.87. The van der Waals surface area contributed by atoms with Crippen LogP contribution >= 0.6 is 0 Å². The van der Waals surface area contributed by atoms with Gasteiger partial charge in [-0.05, 0) is 36.7 Å². The van der Waals surface area contributed by atoms with E-state index in [9.17, 15) is 13.2 Å². The molecule has 0 atom stereocenters. The molecular weight excluding hydrogens is 350 g/mol. The van der Waals surface area contributed by atoms with E-state index < -0.39 is 10.2 Å². The fraction of sp³-hybridized carbons (Fsp3) is 0.632. The van der Waals surface area contributed by atoms with Crippen molar-refractivity contribution in [2.75, 3.05) is 26.2 Å². The average molecular weight is 380 g/mol. The number of hydrogen-bond acceptors (Lipinski definition) is 4. The molecule has 1 aromatic carbocycles. The van der Waals surface area contributed by atoms with Gasteiger partial charge in [0.2, 0.25) is 5.91 Å². The van der Waals surface area contributed by atoms with Crippen LogP contribution in [0.5, 0.6) is 0 Å². The van der Waals surface area contributed by atoms with Crippen molar-refractivity contribution >= 4 is 16.1 Å². The van der Waals surface area contributed by atoms with Crippen molar-refractivity contribution in [3.05, 3.63) is 35.9 Å². The number of rotatable bonds is 7. The standard InChI is InChI=1S/C19H29N3O3S/c23-18(21-26(24,25)22-14-12-20-13-15-22)16-19(9-4-5-10-19)11-8-17-6-2-1-3-7-17/h1-3,6-7,20H,4-5,8-16H2,(H,21,23). The van der Waals surface area contributed by atoms with Gasteiger partial charge < -0.3 is 5.32 Å². The maximum Gasteiger partial charge on any atom is 0.303 e. The second-order valence-electron chi connectivity index (χ2n) is 7.55. The summed E-state index contributed by atoms with van der Waals surface area (Å²) in [6.07, 6.45) is 6.39. The zero-order valence-corrected chi connectivity index (χ0v) is 16.1. The van der Waals surface area contributed by atoms with Crippen LogP contribution in [0.2, 0.25) is 0 Å². The number of aryl methyl sites for hydroxylation is 1. The van der Waals surface area contributed by atoms with Gasteiger partial charge >= 0.3 is 10.2 Å². The lowest BCUT2D eigenvalue weighted by Gasteiger charge is -2.30. The van der Waals surface area contributed by atoms with Gasteiger partial charge in [-0.15, -0.1) is 0 Å². The molecule has 6 nitrogen and oxygen atoms in total. The van der Waals surface area contributed by atoms with Crippen LogP contribution in [0.1, 0.15) is 44.1 Å². The lowest BCUT2D eigenvalue weighted by Crippen LogP contribution is -2.52. The topological polar surface area (TPSA) is 78.5 Å². The second-order valence-corrected chi connectivity index (χ2v) is 9.22. The fourth-order valence-corrected chi connectivity index (χ4v) is 5.32. The highest BCUT2D eigenvalue weighted by atomic mass is 32.2. The first kappa shape index (κ1) is 19.3. The smallest absolute Gasteiger partial charge is 0.303 e. The molecule has 1 heterocycles. The third-order valence-corrected chi connectivity index (χ3v) is 7.18. The van der Waals surface area contributed by atoms with Gasteiger partial charge in [0.25, 0.3) is 0 Å². The predicted molar refractivity (Wildman–Crippen MR) is 102 cm³/mol. The SMILES string of the molecule is O=C(CC1(CCc2ccccc2)CCCC1)NS(=O)(=O)N1CCNCC1. The molecule has 0 radical (unpaired) electrons. The van der Waals surface area contributed by atoms with Crippen molar-refractivity contribution in [2.45, 2.75) is 44.9 Å². The molecule has 3 rings (SSSR count). The van der Waals surface area contributed by atoms with Crippen LogP contribution in [0.15, 0.2) is 30.3 Å². The number of piperazine rings is 1. The Kier molecular flexibility index (Phi) is 6.32. The number of nitrogens with zero attached hydrogens (tertiary/aromatic N) is 1. The first-order chi connectivity index (χ1) is 12.5. The van der Waals surface area contributed by atoms with Gasteiger partial charge in [-0.3, -0.25) is 4.79 Å². The van der Waals surface area contributed by atoms with Crippen LogP contribution in [0.4, 0.5) is 0 Å². The van der Waals surface area contributed by atoms with E-state index in [1.54, 1.807) is 0 Å². The second kappa shape index (κ2) is 8.50. The van der Waals surface area contributed by atoms with Crippen LogP contribution in [0.3, 0.4) is 0 Å². The molecular formula is C19H29N3O3S. The Morgan fingerprint density at radius 2 is 1.77 bits per heavy atom. The van der Waals surface area contributed by atoms with E-state index in [4.69, 9.17) is 0 Å². The van der Waals surface area contributed by atoms with Crippen molar-refractivity contribution in [3.63, 3.8) is 0 Å². The highest BCUT2D eigenvalue weighted by Crippen LogP contribution is 2.44. The van der Waals surface area contributed by atoms with Crippen LogP contribution in [0, 0.1) is 5.41 Å². The van der Waals surface area contributed by atoms with Crippen molar-refractivity contribution in [1.29, 1.82) is 0 Å². The summed E-state index contributed by atoms with van der Waals surface area (Å²) >= 11 is 0. The average Bonchev–Trinajstić information content (AvgIpc) is 3.10. The molecule has 1 saturated heterocycles. The molecule has 1 aromatic rings. The summed E-state index contributed by atoms with van der Waals surface area (Å²) in [6, 6.07) is 10.3. The van der Waals surface area contributed by atoms with Gasteiger partial charge in [0.05, 0.1) is 0 Å². The van der Waals surface area contributed by atoms with E-state index in [-0.39, 0.29) is 11.3 Å². The summed E-state index contributed by atoms with van der Waals surface area (Å²) < 4.78 is 28.5. The van der Waals surface area contributed by atoms with Crippen LogP contribution < -0.4 is 10.0 Å². The molecule has 7 heteroatoms. The molecule has 0 unspecified atom stereocenters. The first-order valence-corrected chi connectivity index (χ1v) is 11.0. The van der Waals surface area contributed by atoms with Crippen LogP contribution in [-0.4, -0.2) is 44.8 Å². The number of amides is 1. The number of carbonyl (C=O) groups excluding carboxylic acids is 1. The van der Waals surface area contributed by atoms with E-state index in [1.165, 1.54) is 9.87 Å². The Bertz CT molecular complexity index is 694. The Hall–Kier alpha value is -1.44. The monoisotopic (exact) mass is 379 g/mol. The minimum Gasteiger partial charge on any atom is -0.314 e. The van der Waals surface area contributed by atoms with E-state index >= 15 is 0 Å². The summed E-state index contributed by atoms with van der Waals surface area (Å²) in [5, 5.41) is 3.12. The maximum atomic E-state index is 12.5. The van der Waals surface area contributed by atoms with Gasteiger partial charge in [0.1, 0.15) is 0 Å². The van der Waals surface area contributed by atoms with Crippen molar-refractivity contribution in [2.24, 2.45) is 5.41 Å². The largest absolute Gasteiger partial charge is 0.314 e. The van der Waals surface area contributed by atoms with Gasteiger partial charge in [0, 0.05) is 32.6 Å². The van der Waals surface area contributed by atoms with Crippen molar-refractivity contribution < 1.29 is 13.2 Å². The van der Waals surface area contributed by atoms with Gasteiger partial charge in [0.15, 0.2) is 0 Å². The van der Waals surface area contributed by atoms with Gasteiger partial charge in [-0.2, -0.15) is 12.7 Å². The van der Waals surface area contributed by atoms with Crippen molar-refractivity contribution in [1.82, 2.24) is 14.3 Å². The number of benzene rings is 1. The predicted octanol–water partition coefficient (Wildman–Crippen LogP) is 1.84. The highest BCUT2D eigenvalue weighted by Gasteiger charge is 2.37. The zero-order valence-electron chi connectivity index (χ0n) is 15.2. The molecule has 2 aliphatic rings. The molecule has 2 N–H and O–H groups in total. The first-order valence-electron chi connectivity index (χ1n) is 9.55. The van der Waals surface area contributed by atoms with E-state index in [0.717, 1.165) is 38.5 Å². The lowest BCUT2D eigenvalue weighted by molar-refractivity contribution is -0.121. The molecule has 1 amide bonds. The number of hydrogen-bond donors (Lipinski definition) is 2. The summed E-state index contributed by atoms with van der Waals surface area (Å²) in [7, 11) is -3.72. The lowest BCUT2D eigenvalue weighted by atomic mass is 9.77. The molecule has 1 aliphatic heterocycles. The summed E-state index contributed by atoms with van der Waals surface area (Å²) in [6.45, 7) is 2.05. The quantitative estimate of drug-likeness (QED) is 0.758. The summed E-state index contributed by atoms with van der Waals surface area (Å²) in [4.78, 5) is 12.5. The zero-order chi connectivity index (χ0) is 18.5. The number of carbonyl (C=O) groups is 1. The molecule has 0 bridgehead atoms. The molecule has 0 spiro atoms. The third kappa shape index (κ3) is 5.05. The Morgan fingerprint density at radius 3 is 2.42 bits per heavy atom. The van der Waals surface area contributed by atoms with Crippen LogP contribution in [-0.2, 0) is 21.4 Å². The van der Waals surface area contributed by atoms with E-state index in [0.29, 0.717) is 32.6 Å². The van der Waals surface area contributed by atoms with Gasteiger partial charge in [-0.1, -0.05) is 43.2 Å². The van der Waals surface area contributed by atoms with Crippen molar-refractivity contribution in [3.8, 4) is 0 Å². The van der Waals surface area contributed by atoms with E-state index in [2.05, 4.69) is 22.2 Å². The molecule has 144 valence electrons. The Labute approximate surface area is 156 Å². The third-order valence-electron chi connectivity index (χ3n) is 5.65. The fourth-order valence-electron chi connectivity index (χ4n) is 4.16.